The fourth-order valence-corrected chi connectivity index (χ4v) is 2.75. The molecule has 0 saturated carbocycles. The highest BCUT2D eigenvalue weighted by Crippen LogP contribution is 2.30. The van der Waals surface area contributed by atoms with Gasteiger partial charge in [-0.15, -0.1) is 6.58 Å². The number of rotatable bonds is 10. The maximum absolute atomic E-state index is 11.7. The van der Waals surface area contributed by atoms with Gasteiger partial charge in [0.2, 0.25) is 0 Å². The largest absolute Gasteiger partial charge is 0.463 e. The highest BCUT2D eigenvalue weighted by atomic mass is 16.7. The van der Waals surface area contributed by atoms with Gasteiger partial charge in [0.25, 0.3) is 0 Å². The number of hydrogen-bond acceptors (Lipinski definition) is 10. The zero-order chi connectivity index (χ0) is 22.0. The van der Waals surface area contributed by atoms with Crippen molar-refractivity contribution < 1.29 is 47.6 Å². The van der Waals surface area contributed by atoms with Gasteiger partial charge in [-0.05, 0) is 12.8 Å². The lowest BCUT2D eigenvalue weighted by molar-refractivity contribution is -0.308. The fourth-order valence-electron chi connectivity index (χ4n) is 2.75. The number of hydrogen-bond donors (Lipinski definition) is 0. The van der Waals surface area contributed by atoms with Crippen molar-refractivity contribution in [2.24, 2.45) is 0 Å². The maximum atomic E-state index is 11.7. The van der Waals surface area contributed by atoms with E-state index in [0.717, 1.165) is 13.8 Å². The molecular formula is C19H28O10. The lowest BCUT2D eigenvalue weighted by atomic mass is 9.98. The van der Waals surface area contributed by atoms with E-state index in [-0.39, 0.29) is 13.2 Å². The summed E-state index contributed by atoms with van der Waals surface area (Å²) in [6.07, 6.45) is -2.73. The molecule has 0 radical (unpaired) electrons. The number of carbonyl (C=O) groups excluding carboxylic acids is 4. The molecule has 0 aliphatic carbocycles. The fraction of sp³-hybridized carbons (Fsp3) is 0.684. The molecule has 1 aliphatic rings. The van der Waals surface area contributed by atoms with Crippen LogP contribution in [-0.4, -0.2) is 67.8 Å². The van der Waals surface area contributed by atoms with Gasteiger partial charge in [-0.25, -0.2) is 0 Å². The molecule has 0 bridgehead atoms. The van der Waals surface area contributed by atoms with Crippen LogP contribution in [0.2, 0.25) is 0 Å². The average molecular weight is 416 g/mol. The van der Waals surface area contributed by atoms with Gasteiger partial charge in [-0.1, -0.05) is 6.08 Å². The number of esters is 4. The second kappa shape index (κ2) is 12.2. The Kier molecular flexibility index (Phi) is 10.3. The Morgan fingerprint density at radius 3 is 1.93 bits per heavy atom. The average Bonchev–Trinajstić information content (AvgIpc) is 2.60. The van der Waals surface area contributed by atoms with E-state index in [1.807, 2.05) is 0 Å². The van der Waals surface area contributed by atoms with E-state index in [4.69, 9.17) is 28.4 Å². The standard InChI is InChI=1S/C19H28O10/c1-6-7-8-9-24-19-18(28-14(5)23)17(27-13(4)22)16(26-12(3)21)15(29-19)10-25-11(2)20/h6,15-19H,1,7-10H2,2-5H3/t15-,16-,17+,18-,19+/m1/s1. The SMILES string of the molecule is C=CCCCO[C@H]1O[C@H](COC(C)=O)[C@@H](OC(C)=O)[C@H](OC(C)=O)[C@H]1OC(C)=O. The maximum Gasteiger partial charge on any atom is 0.303 e. The minimum absolute atomic E-state index is 0.236. The van der Waals surface area contributed by atoms with Crippen LogP contribution in [0.15, 0.2) is 12.7 Å². The summed E-state index contributed by atoms with van der Waals surface area (Å²) in [6.45, 7) is 8.27. The van der Waals surface area contributed by atoms with Crippen LogP contribution in [0.3, 0.4) is 0 Å². The number of carbonyl (C=O) groups is 4. The minimum Gasteiger partial charge on any atom is -0.463 e. The first-order chi connectivity index (χ1) is 13.6. The first-order valence-electron chi connectivity index (χ1n) is 9.18. The summed E-state index contributed by atoms with van der Waals surface area (Å²) in [5.41, 5.74) is 0. The summed E-state index contributed by atoms with van der Waals surface area (Å²) >= 11 is 0. The normalized spacial score (nSPS) is 26.1. The Bertz CT molecular complexity index is 602. The molecule has 0 aromatic heterocycles. The first kappa shape index (κ1) is 24.6. The molecule has 1 saturated heterocycles. The lowest BCUT2D eigenvalue weighted by Gasteiger charge is -2.44. The number of allylic oxidation sites excluding steroid dienone is 1. The van der Waals surface area contributed by atoms with Crippen molar-refractivity contribution in [3.05, 3.63) is 12.7 Å². The molecule has 0 amide bonds. The van der Waals surface area contributed by atoms with Crippen molar-refractivity contribution >= 4 is 23.9 Å². The van der Waals surface area contributed by atoms with Crippen LogP contribution in [0.25, 0.3) is 0 Å². The summed E-state index contributed by atoms with van der Waals surface area (Å²) < 4.78 is 32.3. The Morgan fingerprint density at radius 2 is 1.41 bits per heavy atom. The molecule has 29 heavy (non-hydrogen) atoms. The van der Waals surface area contributed by atoms with Crippen LogP contribution in [0, 0.1) is 0 Å². The van der Waals surface area contributed by atoms with Crippen LogP contribution in [0.5, 0.6) is 0 Å². The molecule has 0 aromatic rings. The Hall–Kier alpha value is -2.46. The summed E-state index contributed by atoms with van der Waals surface area (Å²) in [5, 5.41) is 0. The molecule has 10 heteroatoms. The van der Waals surface area contributed by atoms with Crippen molar-refractivity contribution in [1.82, 2.24) is 0 Å². The number of ether oxygens (including phenoxy) is 6. The molecule has 1 rings (SSSR count). The van der Waals surface area contributed by atoms with Crippen molar-refractivity contribution in [2.75, 3.05) is 13.2 Å². The molecule has 1 heterocycles. The van der Waals surface area contributed by atoms with Gasteiger partial charge in [0, 0.05) is 27.7 Å². The topological polar surface area (TPSA) is 124 Å². The van der Waals surface area contributed by atoms with Gasteiger partial charge < -0.3 is 28.4 Å². The molecule has 1 fully saturated rings. The van der Waals surface area contributed by atoms with Crippen molar-refractivity contribution in [2.45, 2.75) is 71.2 Å². The summed E-state index contributed by atoms with van der Waals surface area (Å²) in [4.78, 5) is 46.1. The quantitative estimate of drug-likeness (QED) is 0.221. The van der Waals surface area contributed by atoms with Crippen molar-refractivity contribution in [1.29, 1.82) is 0 Å². The Labute approximate surface area is 169 Å². The summed E-state index contributed by atoms with van der Waals surface area (Å²) in [7, 11) is 0. The Balaban J connectivity index is 3.19. The Morgan fingerprint density at radius 1 is 0.862 bits per heavy atom. The van der Waals surface area contributed by atoms with Crippen LogP contribution in [0.1, 0.15) is 40.5 Å². The highest BCUT2D eigenvalue weighted by molar-refractivity contribution is 5.68. The second-order valence-corrected chi connectivity index (χ2v) is 6.37. The molecule has 0 N–H and O–H groups in total. The van der Waals surface area contributed by atoms with Crippen LogP contribution >= 0.6 is 0 Å². The summed E-state index contributed by atoms with van der Waals surface area (Å²) in [6, 6.07) is 0. The van der Waals surface area contributed by atoms with Crippen LogP contribution < -0.4 is 0 Å². The minimum atomic E-state index is -1.22. The van der Waals surface area contributed by atoms with Crippen LogP contribution in [-0.2, 0) is 47.6 Å². The van der Waals surface area contributed by atoms with Gasteiger partial charge in [0.1, 0.15) is 12.7 Å². The molecular weight excluding hydrogens is 388 g/mol. The predicted molar refractivity (Wildman–Crippen MR) is 97.3 cm³/mol. The molecule has 5 atom stereocenters. The second-order valence-electron chi connectivity index (χ2n) is 6.37. The van der Waals surface area contributed by atoms with Gasteiger partial charge >= 0.3 is 23.9 Å². The monoisotopic (exact) mass is 416 g/mol. The highest BCUT2D eigenvalue weighted by Gasteiger charge is 2.52. The first-order valence-corrected chi connectivity index (χ1v) is 9.18. The zero-order valence-corrected chi connectivity index (χ0v) is 17.1. The van der Waals surface area contributed by atoms with Crippen molar-refractivity contribution in [3.8, 4) is 0 Å². The smallest absolute Gasteiger partial charge is 0.303 e. The molecule has 10 nitrogen and oxygen atoms in total. The van der Waals surface area contributed by atoms with E-state index >= 15 is 0 Å². The van der Waals surface area contributed by atoms with Crippen LogP contribution in [0.4, 0.5) is 0 Å². The molecule has 1 aliphatic heterocycles. The van der Waals surface area contributed by atoms with E-state index in [9.17, 15) is 19.2 Å². The third-order valence-electron chi connectivity index (χ3n) is 3.78. The van der Waals surface area contributed by atoms with E-state index in [2.05, 4.69) is 6.58 Å². The third-order valence-corrected chi connectivity index (χ3v) is 3.78. The molecule has 0 unspecified atom stereocenters. The van der Waals surface area contributed by atoms with Gasteiger partial charge in [-0.2, -0.15) is 0 Å². The zero-order valence-electron chi connectivity index (χ0n) is 17.1. The predicted octanol–water partition coefficient (Wildman–Crippen LogP) is 1.05. The molecule has 164 valence electrons. The van der Waals surface area contributed by atoms with Gasteiger partial charge in [0.05, 0.1) is 6.61 Å². The summed E-state index contributed by atoms with van der Waals surface area (Å²) in [5.74, 6) is -2.63. The van der Waals surface area contributed by atoms with Crippen molar-refractivity contribution in [3.63, 3.8) is 0 Å². The molecule has 0 aromatic carbocycles. The van der Waals surface area contributed by atoms with E-state index in [1.165, 1.54) is 13.8 Å². The van der Waals surface area contributed by atoms with Gasteiger partial charge in [-0.3, -0.25) is 19.2 Å². The van der Waals surface area contributed by atoms with Gasteiger partial charge in [0.15, 0.2) is 24.6 Å². The number of unbranched alkanes of at least 4 members (excludes halogenated alkanes) is 1. The van der Waals surface area contributed by atoms with E-state index in [0.29, 0.717) is 12.8 Å². The molecule has 0 spiro atoms. The van der Waals surface area contributed by atoms with E-state index < -0.39 is 54.6 Å². The third kappa shape index (κ3) is 8.61. The van der Waals surface area contributed by atoms with E-state index in [1.54, 1.807) is 6.08 Å². The lowest BCUT2D eigenvalue weighted by Crippen LogP contribution is -2.63.